The molecule has 1 heterocycles. The Kier molecular flexibility index (Phi) is 5.16. The van der Waals surface area contributed by atoms with Crippen molar-refractivity contribution < 1.29 is 9.59 Å². The Morgan fingerprint density at radius 3 is 2.48 bits per heavy atom. The molecule has 0 bridgehead atoms. The number of para-hydroxylation sites is 1. The molecule has 6 heteroatoms. The average Bonchev–Trinajstić information content (AvgIpc) is 2.48. The van der Waals surface area contributed by atoms with Crippen LogP contribution in [0.2, 0.25) is 0 Å². The maximum atomic E-state index is 12.2. The molecule has 0 aliphatic carbocycles. The van der Waals surface area contributed by atoms with Crippen LogP contribution in [0.25, 0.3) is 0 Å². The summed E-state index contributed by atoms with van der Waals surface area (Å²) in [7, 11) is 0. The van der Waals surface area contributed by atoms with Crippen molar-refractivity contribution in [3.05, 3.63) is 30.3 Å². The van der Waals surface area contributed by atoms with Gasteiger partial charge >= 0.3 is 6.03 Å². The molecule has 0 saturated carbocycles. The first-order chi connectivity index (χ1) is 10.1. The zero-order valence-electron chi connectivity index (χ0n) is 12.2. The molecule has 1 aromatic rings. The highest BCUT2D eigenvalue weighted by Crippen LogP contribution is 2.10. The summed E-state index contributed by atoms with van der Waals surface area (Å²) >= 11 is 0. The molecule has 6 nitrogen and oxygen atoms in total. The van der Waals surface area contributed by atoms with E-state index >= 15 is 0 Å². The molecule has 2 rings (SSSR count). The van der Waals surface area contributed by atoms with Crippen molar-refractivity contribution in [2.75, 3.05) is 18.4 Å². The van der Waals surface area contributed by atoms with Crippen LogP contribution < -0.4 is 16.4 Å². The number of rotatable bonds is 3. The lowest BCUT2D eigenvalue weighted by Gasteiger charge is -2.32. The summed E-state index contributed by atoms with van der Waals surface area (Å²) in [6, 6.07) is 8.37. The van der Waals surface area contributed by atoms with Gasteiger partial charge in [0, 0.05) is 24.8 Å². The van der Waals surface area contributed by atoms with E-state index in [0.717, 1.165) is 12.8 Å². The Hall–Kier alpha value is -2.08. The minimum absolute atomic E-state index is 0.0647. The van der Waals surface area contributed by atoms with Gasteiger partial charge in [-0.25, -0.2) is 4.79 Å². The number of piperidine rings is 1. The second-order valence-electron chi connectivity index (χ2n) is 5.35. The van der Waals surface area contributed by atoms with Crippen molar-refractivity contribution in [3.63, 3.8) is 0 Å². The molecule has 1 aliphatic heterocycles. The van der Waals surface area contributed by atoms with E-state index < -0.39 is 6.04 Å². The molecule has 0 aromatic heterocycles. The van der Waals surface area contributed by atoms with E-state index in [1.807, 2.05) is 18.2 Å². The summed E-state index contributed by atoms with van der Waals surface area (Å²) in [5, 5.41) is 5.36. The number of hydrogen-bond donors (Lipinski definition) is 3. The molecule has 1 aromatic carbocycles. The van der Waals surface area contributed by atoms with Gasteiger partial charge in [0.1, 0.15) is 6.04 Å². The molecule has 1 fully saturated rings. The highest BCUT2D eigenvalue weighted by atomic mass is 16.2. The lowest BCUT2D eigenvalue weighted by Crippen LogP contribution is -2.51. The monoisotopic (exact) mass is 290 g/mol. The molecule has 0 radical (unpaired) electrons. The van der Waals surface area contributed by atoms with E-state index in [1.165, 1.54) is 0 Å². The maximum absolute atomic E-state index is 12.2. The van der Waals surface area contributed by atoms with E-state index in [9.17, 15) is 9.59 Å². The molecule has 1 saturated heterocycles. The average molecular weight is 290 g/mol. The number of urea groups is 1. The molecule has 21 heavy (non-hydrogen) atoms. The van der Waals surface area contributed by atoms with E-state index in [1.54, 1.807) is 24.0 Å². The number of likely N-dealkylation sites (tertiary alicyclic amines) is 1. The standard InChI is InChI=1S/C15H22N4O2/c1-11(14(20)19-9-7-12(16)8-10-19)17-15(21)18-13-5-3-2-4-6-13/h2-6,11-12H,7-10,16H2,1H3,(H2,17,18,21). The van der Waals surface area contributed by atoms with Crippen LogP contribution >= 0.6 is 0 Å². The minimum atomic E-state index is -0.553. The molecule has 4 N–H and O–H groups in total. The number of nitrogens with one attached hydrogen (secondary N) is 2. The second kappa shape index (κ2) is 7.08. The van der Waals surface area contributed by atoms with Crippen molar-refractivity contribution in [2.24, 2.45) is 5.73 Å². The maximum Gasteiger partial charge on any atom is 0.319 e. The van der Waals surface area contributed by atoms with Crippen LogP contribution in [0.15, 0.2) is 30.3 Å². The molecular weight excluding hydrogens is 268 g/mol. The fraction of sp³-hybridized carbons (Fsp3) is 0.467. The number of carbonyl (C=O) groups is 2. The van der Waals surface area contributed by atoms with Crippen molar-refractivity contribution in [3.8, 4) is 0 Å². The highest BCUT2D eigenvalue weighted by molar-refractivity contribution is 5.93. The Bertz CT molecular complexity index is 484. The molecule has 114 valence electrons. The van der Waals surface area contributed by atoms with E-state index in [2.05, 4.69) is 10.6 Å². The quantitative estimate of drug-likeness (QED) is 0.780. The SMILES string of the molecule is CC(NC(=O)Nc1ccccc1)C(=O)N1CCC(N)CC1. The topological polar surface area (TPSA) is 87.5 Å². The van der Waals surface area contributed by atoms with E-state index in [4.69, 9.17) is 5.73 Å². The van der Waals surface area contributed by atoms with Gasteiger partial charge in [-0.3, -0.25) is 4.79 Å². The fourth-order valence-corrected chi connectivity index (χ4v) is 2.34. The molecule has 1 atom stereocenters. The number of amides is 3. The highest BCUT2D eigenvalue weighted by Gasteiger charge is 2.25. The van der Waals surface area contributed by atoms with Crippen molar-refractivity contribution >= 4 is 17.6 Å². The zero-order chi connectivity index (χ0) is 15.2. The van der Waals surface area contributed by atoms with Crippen LogP contribution in [0.4, 0.5) is 10.5 Å². The van der Waals surface area contributed by atoms with Gasteiger partial charge in [-0.2, -0.15) is 0 Å². The normalized spacial score (nSPS) is 17.1. The Labute approximate surface area is 124 Å². The third kappa shape index (κ3) is 4.46. The number of carbonyl (C=O) groups excluding carboxylic acids is 2. The van der Waals surface area contributed by atoms with Crippen LogP contribution in [0.1, 0.15) is 19.8 Å². The molecule has 1 unspecified atom stereocenters. The summed E-state index contributed by atoms with van der Waals surface area (Å²) in [5.74, 6) is -0.0647. The summed E-state index contributed by atoms with van der Waals surface area (Å²) in [6.07, 6.45) is 1.63. The lowest BCUT2D eigenvalue weighted by atomic mass is 10.1. The zero-order valence-corrected chi connectivity index (χ0v) is 12.2. The predicted molar refractivity (Wildman–Crippen MR) is 81.8 cm³/mol. The van der Waals surface area contributed by atoms with E-state index in [0.29, 0.717) is 18.8 Å². The first-order valence-electron chi connectivity index (χ1n) is 7.23. The van der Waals surface area contributed by atoms with Gasteiger partial charge in [-0.1, -0.05) is 18.2 Å². The molecule has 3 amide bonds. The molecule has 1 aliphatic rings. The van der Waals surface area contributed by atoms with Gasteiger partial charge in [0.2, 0.25) is 5.91 Å². The van der Waals surface area contributed by atoms with Gasteiger partial charge < -0.3 is 21.3 Å². The Morgan fingerprint density at radius 2 is 1.86 bits per heavy atom. The summed E-state index contributed by atoms with van der Waals surface area (Å²) in [5.41, 5.74) is 6.52. The minimum Gasteiger partial charge on any atom is -0.341 e. The number of nitrogens with zero attached hydrogens (tertiary/aromatic N) is 1. The Morgan fingerprint density at radius 1 is 1.24 bits per heavy atom. The lowest BCUT2D eigenvalue weighted by molar-refractivity contribution is -0.133. The van der Waals surface area contributed by atoms with Crippen molar-refractivity contribution in [2.45, 2.75) is 31.8 Å². The second-order valence-corrected chi connectivity index (χ2v) is 5.35. The van der Waals surface area contributed by atoms with Gasteiger partial charge in [0.15, 0.2) is 0 Å². The van der Waals surface area contributed by atoms with Crippen LogP contribution in [0.3, 0.4) is 0 Å². The fourth-order valence-electron chi connectivity index (χ4n) is 2.34. The summed E-state index contributed by atoms with van der Waals surface area (Å²) in [6.45, 7) is 3.01. The summed E-state index contributed by atoms with van der Waals surface area (Å²) < 4.78 is 0. The first-order valence-corrected chi connectivity index (χ1v) is 7.23. The van der Waals surface area contributed by atoms with Crippen molar-refractivity contribution in [1.29, 1.82) is 0 Å². The number of anilines is 1. The number of nitrogens with two attached hydrogens (primary N) is 1. The number of hydrogen-bond acceptors (Lipinski definition) is 3. The smallest absolute Gasteiger partial charge is 0.319 e. The predicted octanol–water partition coefficient (Wildman–Crippen LogP) is 1.15. The van der Waals surface area contributed by atoms with Gasteiger partial charge in [-0.05, 0) is 31.9 Å². The van der Waals surface area contributed by atoms with Crippen LogP contribution in [-0.2, 0) is 4.79 Å². The molecular formula is C15H22N4O2. The first kappa shape index (κ1) is 15.3. The van der Waals surface area contributed by atoms with E-state index in [-0.39, 0.29) is 18.0 Å². The van der Waals surface area contributed by atoms with Crippen molar-refractivity contribution in [1.82, 2.24) is 10.2 Å². The number of benzene rings is 1. The molecule has 0 spiro atoms. The summed E-state index contributed by atoms with van der Waals surface area (Å²) in [4.78, 5) is 25.8. The van der Waals surface area contributed by atoms with Crippen LogP contribution in [0.5, 0.6) is 0 Å². The third-order valence-corrected chi connectivity index (χ3v) is 3.60. The van der Waals surface area contributed by atoms with Gasteiger partial charge in [-0.15, -0.1) is 0 Å². The largest absolute Gasteiger partial charge is 0.341 e. The third-order valence-electron chi connectivity index (χ3n) is 3.60. The van der Waals surface area contributed by atoms with Gasteiger partial charge in [0.05, 0.1) is 0 Å². The van der Waals surface area contributed by atoms with Gasteiger partial charge in [0.25, 0.3) is 0 Å². The van der Waals surface area contributed by atoms with Crippen LogP contribution in [-0.4, -0.2) is 42.0 Å². The Balaban J connectivity index is 1.81. The van der Waals surface area contributed by atoms with Crippen LogP contribution in [0, 0.1) is 0 Å².